The number of nitrogens with one attached hydrogen (secondary N) is 1. The molecule has 3 heterocycles. The van der Waals surface area contributed by atoms with Crippen molar-refractivity contribution in [2.75, 3.05) is 13.1 Å². The molecule has 1 atom stereocenters. The topological polar surface area (TPSA) is 66.1 Å². The summed E-state index contributed by atoms with van der Waals surface area (Å²) in [5, 5.41) is 1.03. The first-order valence-electron chi connectivity index (χ1n) is 9.47. The van der Waals surface area contributed by atoms with Gasteiger partial charge in [0.05, 0.1) is 6.04 Å². The van der Waals surface area contributed by atoms with Crippen LogP contribution in [-0.2, 0) is 11.2 Å². The van der Waals surface area contributed by atoms with Gasteiger partial charge in [-0.15, -0.1) is 0 Å². The molecule has 2 aromatic heterocycles. The molecule has 1 unspecified atom stereocenters. The van der Waals surface area contributed by atoms with Crippen molar-refractivity contribution in [3.8, 4) is 0 Å². The Hall–Kier alpha value is -2.79. The van der Waals surface area contributed by atoms with E-state index in [1.807, 2.05) is 31.3 Å². The van der Waals surface area contributed by atoms with Gasteiger partial charge >= 0.3 is 0 Å². The largest absolute Gasteiger partial charge is 0.322 e. The van der Waals surface area contributed by atoms with Crippen LogP contribution in [-0.4, -0.2) is 33.7 Å². The highest BCUT2D eigenvalue weighted by Gasteiger charge is 2.26. The van der Waals surface area contributed by atoms with Crippen molar-refractivity contribution >= 4 is 16.7 Å². The molecule has 1 aliphatic rings. The van der Waals surface area contributed by atoms with Crippen molar-refractivity contribution in [2.24, 2.45) is 0 Å². The summed E-state index contributed by atoms with van der Waals surface area (Å²) in [4.78, 5) is 33.4. The zero-order chi connectivity index (χ0) is 18.8. The molecule has 1 saturated heterocycles. The number of hydrogen-bond donors (Lipinski definition) is 1. The number of carbonyl (C=O) groups excluding carboxylic acids is 1. The number of rotatable bonds is 4. The van der Waals surface area contributed by atoms with Crippen molar-refractivity contribution in [3.05, 3.63) is 75.8 Å². The molecule has 0 spiro atoms. The molecule has 27 heavy (non-hydrogen) atoms. The summed E-state index contributed by atoms with van der Waals surface area (Å²) < 4.78 is 0. The van der Waals surface area contributed by atoms with Crippen molar-refractivity contribution in [2.45, 2.75) is 32.2 Å². The van der Waals surface area contributed by atoms with Crippen molar-refractivity contribution in [1.29, 1.82) is 0 Å². The number of aromatic amines is 1. The minimum atomic E-state index is -0.0175. The lowest BCUT2D eigenvalue weighted by Crippen LogP contribution is -2.37. The predicted octanol–water partition coefficient (Wildman–Crippen LogP) is 3.24. The quantitative estimate of drug-likeness (QED) is 0.775. The molecule has 0 radical (unpaired) electrons. The maximum atomic E-state index is 12.1. The molecule has 1 aliphatic heterocycles. The van der Waals surface area contributed by atoms with Crippen molar-refractivity contribution in [3.63, 3.8) is 0 Å². The number of hydrogen-bond acceptors (Lipinski definition) is 4. The number of carbonyl (C=O) groups is 1. The average Bonchev–Trinajstić information content (AvgIpc) is 2.70. The van der Waals surface area contributed by atoms with E-state index in [9.17, 15) is 9.59 Å². The SMILES string of the molecule is CCc1cc2cc(C(c3cccnc3)N3CCC(=O)CC3)ccc2[nH]c1=O. The Labute approximate surface area is 158 Å². The van der Waals surface area contributed by atoms with E-state index in [2.05, 4.69) is 33.1 Å². The number of piperidine rings is 1. The first-order chi connectivity index (χ1) is 13.2. The Bertz CT molecular complexity index is 1020. The number of Topliss-reactive ketones (excluding diaryl/α,β-unsaturated/α-hetero) is 1. The van der Waals surface area contributed by atoms with Crippen LogP contribution in [0, 0.1) is 0 Å². The van der Waals surface area contributed by atoms with Gasteiger partial charge in [-0.1, -0.05) is 19.1 Å². The summed E-state index contributed by atoms with van der Waals surface area (Å²) in [5.41, 5.74) is 3.89. The maximum Gasteiger partial charge on any atom is 0.251 e. The van der Waals surface area contributed by atoms with Gasteiger partial charge in [0.25, 0.3) is 5.56 Å². The smallest absolute Gasteiger partial charge is 0.251 e. The molecule has 5 nitrogen and oxygen atoms in total. The second kappa shape index (κ2) is 7.45. The summed E-state index contributed by atoms with van der Waals surface area (Å²) in [6, 6.07) is 12.3. The number of benzene rings is 1. The predicted molar refractivity (Wildman–Crippen MR) is 106 cm³/mol. The van der Waals surface area contributed by atoms with Crippen LogP contribution in [0.25, 0.3) is 10.9 Å². The third-order valence-corrected chi connectivity index (χ3v) is 5.36. The van der Waals surface area contributed by atoms with Crippen LogP contribution >= 0.6 is 0 Å². The van der Waals surface area contributed by atoms with E-state index in [-0.39, 0.29) is 11.6 Å². The maximum absolute atomic E-state index is 12.1. The fraction of sp³-hybridized carbons (Fsp3) is 0.318. The lowest BCUT2D eigenvalue weighted by Gasteiger charge is -2.34. The van der Waals surface area contributed by atoms with Crippen LogP contribution in [0.1, 0.15) is 42.5 Å². The lowest BCUT2D eigenvalue weighted by molar-refractivity contribution is -0.121. The number of H-pyrrole nitrogens is 1. The molecular formula is C22H23N3O2. The molecule has 0 amide bonds. The van der Waals surface area contributed by atoms with Gasteiger partial charge in [0.2, 0.25) is 0 Å². The summed E-state index contributed by atoms with van der Waals surface area (Å²) in [5.74, 6) is 0.333. The highest BCUT2D eigenvalue weighted by atomic mass is 16.1. The van der Waals surface area contributed by atoms with Crippen molar-refractivity contribution in [1.82, 2.24) is 14.9 Å². The van der Waals surface area contributed by atoms with E-state index in [1.54, 1.807) is 6.20 Å². The second-order valence-electron chi connectivity index (χ2n) is 7.09. The van der Waals surface area contributed by atoms with Gasteiger partial charge in [-0.05, 0) is 47.2 Å². The molecule has 4 rings (SSSR count). The average molecular weight is 361 g/mol. The van der Waals surface area contributed by atoms with E-state index >= 15 is 0 Å². The fourth-order valence-corrected chi connectivity index (χ4v) is 3.89. The molecule has 0 aliphatic carbocycles. The number of nitrogens with zero attached hydrogens (tertiary/aromatic N) is 2. The normalized spacial score (nSPS) is 16.6. The van der Waals surface area contributed by atoms with Crippen LogP contribution in [0.5, 0.6) is 0 Å². The van der Waals surface area contributed by atoms with E-state index in [0.717, 1.165) is 40.7 Å². The standard InChI is InChI=1S/C22H23N3O2/c1-2-15-12-18-13-16(5-6-20(18)24-22(15)27)21(17-4-3-9-23-14-17)25-10-7-19(26)8-11-25/h3-6,9,12-14,21H,2,7-8,10-11H2,1H3,(H,24,27). The zero-order valence-corrected chi connectivity index (χ0v) is 15.4. The Morgan fingerprint density at radius 1 is 1.11 bits per heavy atom. The molecule has 5 heteroatoms. The second-order valence-corrected chi connectivity index (χ2v) is 7.09. The molecular weight excluding hydrogens is 338 g/mol. The molecule has 0 saturated carbocycles. The number of ketones is 1. The monoisotopic (exact) mass is 361 g/mol. The van der Waals surface area contributed by atoms with Crippen LogP contribution in [0.2, 0.25) is 0 Å². The minimum Gasteiger partial charge on any atom is -0.322 e. The highest BCUT2D eigenvalue weighted by Crippen LogP contribution is 2.31. The number of aryl methyl sites for hydroxylation is 1. The summed E-state index contributed by atoms with van der Waals surface area (Å²) in [6.07, 6.45) is 5.57. The molecule has 1 fully saturated rings. The number of aromatic nitrogens is 2. The van der Waals surface area contributed by atoms with Crippen LogP contribution in [0.4, 0.5) is 0 Å². The van der Waals surface area contributed by atoms with Gasteiger partial charge in [0.15, 0.2) is 0 Å². The summed E-state index contributed by atoms with van der Waals surface area (Å²) in [7, 11) is 0. The number of fused-ring (bicyclic) bond motifs is 1. The van der Waals surface area contributed by atoms with Crippen LogP contribution in [0.15, 0.2) is 53.6 Å². The van der Waals surface area contributed by atoms with Crippen molar-refractivity contribution < 1.29 is 4.79 Å². The number of likely N-dealkylation sites (tertiary alicyclic amines) is 1. The van der Waals surface area contributed by atoms with Gasteiger partial charge in [-0.2, -0.15) is 0 Å². The fourth-order valence-electron chi connectivity index (χ4n) is 3.89. The minimum absolute atomic E-state index is 0.0175. The Kier molecular flexibility index (Phi) is 4.86. The molecule has 138 valence electrons. The van der Waals surface area contributed by atoms with E-state index in [4.69, 9.17) is 0 Å². The van der Waals surface area contributed by atoms with Gasteiger partial charge in [0, 0.05) is 49.4 Å². The Morgan fingerprint density at radius 2 is 1.93 bits per heavy atom. The molecule has 1 aromatic carbocycles. The van der Waals surface area contributed by atoms with Crippen LogP contribution in [0.3, 0.4) is 0 Å². The number of pyridine rings is 2. The highest BCUT2D eigenvalue weighted by molar-refractivity contribution is 5.80. The molecule has 0 bridgehead atoms. The first-order valence-corrected chi connectivity index (χ1v) is 9.47. The van der Waals surface area contributed by atoms with Crippen LogP contribution < -0.4 is 5.56 Å². The third kappa shape index (κ3) is 3.55. The van der Waals surface area contributed by atoms with Gasteiger partial charge in [-0.25, -0.2) is 0 Å². The van der Waals surface area contributed by atoms with E-state index in [1.165, 1.54) is 0 Å². The lowest BCUT2D eigenvalue weighted by atomic mass is 9.94. The summed E-state index contributed by atoms with van der Waals surface area (Å²) >= 11 is 0. The van der Waals surface area contributed by atoms with E-state index < -0.39 is 0 Å². The van der Waals surface area contributed by atoms with E-state index in [0.29, 0.717) is 25.0 Å². The first kappa shape index (κ1) is 17.6. The van der Waals surface area contributed by atoms with Gasteiger partial charge in [0.1, 0.15) is 5.78 Å². The zero-order valence-electron chi connectivity index (χ0n) is 15.4. The van der Waals surface area contributed by atoms with Gasteiger partial charge in [-0.3, -0.25) is 19.5 Å². The third-order valence-electron chi connectivity index (χ3n) is 5.36. The van der Waals surface area contributed by atoms with Gasteiger partial charge < -0.3 is 4.98 Å². The Morgan fingerprint density at radius 3 is 2.63 bits per heavy atom. The molecule has 3 aromatic rings. The summed E-state index contributed by atoms with van der Waals surface area (Å²) in [6.45, 7) is 3.49. The Balaban J connectivity index is 1.80. The molecule has 1 N–H and O–H groups in total.